The van der Waals surface area contributed by atoms with Gasteiger partial charge in [-0.15, -0.1) is 0 Å². The van der Waals surface area contributed by atoms with Gasteiger partial charge < -0.3 is 25.3 Å². The molecule has 0 aliphatic heterocycles. The number of ether oxygens (including phenoxy) is 3. The maximum atomic E-state index is 12.4. The van der Waals surface area contributed by atoms with E-state index in [0.29, 0.717) is 16.3 Å². The lowest BCUT2D eigenvalue weighted by Gasteiger charge is -2.14. The zero-order chi connectivity index (χ0) is 21.4. The second kappa shape index (κ2) is 10.0. The van der Waals surface area contributed by atoms with Crippen molar-refractivity contribution in [2.24, 2.45) is 5.73 Å². The Hall–Kier alpha value is -3.70. The fourth-order valence-corrected chi connectivity index (χ4v) is 2.44. The van der Waals surface area contributed by atoms with Crippen molar-refractivity contribution in [2.45, 2.75) is 0 Å². The van der Waals surface area contributed by atoms with Crippen molar-refractivity contribution in [1.29, 1.82) is 5.26 Å². The molecule has 0 radical (unpaired) electrons. The molecular formula is C20H18ClN3O5. The molecule has 2 aromatic carbocycles. The molecule has 2 amide bonds. The van der Waals surface area contributed by atoms with Gasteiger partial charge in [0, 0.05) is 10.7 Å². The Bertz CT molecular complexity index is 956. The van der Waals surface area contributed by atoms with Crippen LogP contribution in [0.3, 0.4) is 0 Å². The van der Waals surface area contributed by atoms with E-state index in [2.05, 4.69) is 5.32 Å². The minimum Gasteiger partial charge on any atom is -0.493 e. The molecule has 9 heteroatoms. The first-order valence-electron chi connectivity index (χ1n) is 8.23. The highest BCUT2D eigenvalue weighted by molar-refractivity contribution is 6.30. The minimum atomic E-state index is -0.663. The number of primary amides is 1. The maximum Gasteiger partial charge on any atom is 0.266 e. The Kier molecular flexibility index (Phi) is 7.46. The van der Waals surface area contributed by atoms with Crippen LogP contribution < -0.4 is 25.3 Å². The van der Waals surface area contributed by atoms with Crippen LogP contribution in [0.5, 0.6) is 17.2 Å². The molecule has 0 atom stereocenters. The molecule has 0 aliphatic carbocycles. The highest BCUT2D eigenvalue weighted by atomic mass is 35.5. The Labute approximate surface area is 172 Å². The average molecular weight is 416 g/mol. The van der Waals surface area contributed by atoms with Gasteiger partial charge in [-0.25, -0.2) is 0 Å². The van der Waals surface area contributed by atoms with E-state index in [1.165, 1.54) is 32.4 Å². The number of nitriles is 1. The van der Waals surface area contributed by atoms with E-state index in [0.717, 1.165) is 0 Å². The van der Waals surface area contributed by atoms with Crippen LogP contribution in [0.1, 0.15) is 5.56 Å². The normalized spacial score (nSPS) is 10.6. The summed E-state index contributed by atoms with van der Waals surface area (Å²) < 4.78 is 15.9. The molecule has 2 rings (SSSR count). The number of amides is 2. The van der Waals surface area contributed by atoms with Gasteiger partial charge in [0.05, 0.1) is 14.2 Å². The van der Waals surface area contributed by atoms with Gasteiger partial charge >= 0.3 is 0 Å². The van der Waals surface area contributed by atoms with Crippen molar-refractivity contribution in [3.63, 3.8) is 0 Å². The van der Waals surface area contributed by atoms with Crippen LogP contribution in [0.2, 0.25) is 5.02 Å². The Morgan fingerprint density at radius 2 is 1.76 bits per heavy atom. The van der Waals surface area contributed by atoms with Crippen LogP contribution in [0.4, 0.5) is 5.69 Å². The molecule has 3 N–H and O–H groups in total. The van der Waals surface area contributed by atoms with Gasteiger partial charge in [-0.3, -0.25) is 9.59 Å². The quantitative estimate of drug-likeness (QED) is 0.504. The maximum absolute atomic E-state index is 12.4. The van der Waals surface area contributed by atoms with E-state index in [9.17, 15) is 14.9 Å². The van der Waals surface area contributed by atoms with Crippen molar-refractivity contribution in [3.8, 4) is 23.3 Å². The summed E-state index contributed by atoms with van der Waals surface area (Å²) in [6.45, 7) is -0.366. The number of anilines is 1. The first-order valence-corrected chi connectivity index (χ1v) is 8.61. The van der Waals surface area contributed by atoms with Gasteiger partial charge in [-0.2, -0.15) is 5.26 Å². The van der Waals surface area contributed by atoms with E-state index < -0.39 is 11.8 Å². The summed E-state index contributed by atoms with van der Waals surface area (Å²) in [6, 6.07) is 11.4. The van der Waals surface area contributed by atoms with Gasteiger partial charge in [0.25, 0.3) is 11.8 Å². The molecule has 0 aromatic heterocycles. The van der Waals surface area contributed by atoms with E-state index in [4.69, 9.17) is 31.5 Å². The lowest BCUT2D eigenvalue weighted by molar-refractivity contribution is -0.120. The average Bonchev–Trinajstić information content (AvgIpc) is 2.71. The van der Waals surface area contributed by atoms with Crippen molar-refractivity contribution < 1.29 is 23.8 Å². The smallest absolute Gasteiger partial charge is 0.266 e. The van der Waals surface area contributed by atoms with Crippen molar-refractivity contribution in [1.82, 2.24) is 0 Å². The van der Waals surface area contributed by atoms with Crippen molar-refractivity contribution >= 4 is 35.2 Å². The number of hydrogen-bond donors (Lipinski definition) is 2. The molecule has 8 nitrogen and oxygen atoms in total. The van der Waals surface area contributed by atoms with Gasteiger partial charge in [0.2, 0.25) is 5.75 Å². The number of methoxy groups -OCH3 is 2. The number of halogens is 1. The highest BCUT2D eigenvalue weighted by Crippen LogP contribution is 2.39. The summed E-state index contributed by atoms with van der Waals surface area (Å²) in [5.41, 5.74) is 5.90. The summed E-state index contributed by atoms with van der Waals surface area (Å²) in [7, 11) is 2.80. The minimum absolute atomic E-state index is 0.144. The van der Waals surface area contributed by atoms with Gasteiger partial charge in [-0.1, -0.05) is 11.6 Å². The lowest BCUT2D eigenvalue weighted by atomic mass is 10.1. The molecule has 2 aromatic rings. The molecule has 0 aliphatic rings. The fraction of sp³-hybridized carbons (Fsp3) is 0.150. The van der Waals surface area contributed by atoms with E-state index in [1.54, 1.807) is 24.3 Å². The fourth-order valence-electron chi connectivity index (χ4n) is 2.32. The van der Waals surface area contributed by atoms with E-state index in [-0.39, 0.29) is 29.4 Å². The van der Waals surface area contributed by atoms with Crippen LogP contribution in [-0.4, -0.2) is 32.6 Å². The molecule has 0 saturated heterocycles. The van der Waals surface area contributed by atoms with Gasteiger partial charge in [0.15, 0.2) is 18.1 Å². The zero-order valence-corrected chi connectivity index (χ0v) is 16.4. The third-order valence-corrected chi connectivity index (χ3v) is 3.87. The molecule has 0 heterocycles. The Morgan fingerprint density at radius 1 is 1.17 bits per heavy atom. The monoisotopic (exact) mass is 415 g/mol. The van der Waals surface area contributed by atoms with Crippen molar-refractivity contribution in [2.75, 3.05) is 26.1 Å². The first-order chi connectivity index (χ1) is 13.9. The second-order valence-corrected chi connectivity index (χ2v) is 6.08. The summed E-state index contributed by atoms with van der Waals surface area (Å²) in [5.74, 6) is -0.597. The standard InChI is InChI=1S/C20H18ClN3O5/c1-27-16-8-12(9-17(28-2)19(16)29-11-18(23)25)7-13(10-22)20(26)24-15-5-3-14(21)4-6-15/h3-9H,11H2,1-2H3,(H2,23,25)(H,24,26)/b13-7+. The van der Waals surface area contributed by atoms with Crippen LogP contribution in [0.15, 0.2) is 42.0 Å². The van der Waals surface area contributed by atoms with Gasteiger partial charge in [0.1, 0.15) is 11.6 Å². The predicted octanol–water partition coefficient (Wildman–Crippen LogP) is 2.77. The highest BCUT2D eigenvalue weighted by Gasteiger charge is 2.16. The number of hydrogen-bond acceptors (Lipinski definition) is 6. The summed E-state index contributed by atoms with van der Waals surface area (Å²) in [5, 5.41) is 12.5. The Balaban J connectivity index is 2.34. The van der Waals surface area contributed by atoms with E-state index >= 15 is 0 Å². The SMILES string of the molecule is COc1cc(/C=C(\C#N)C(=O)Nc2ccc(Cl)cc2)cc(OC)c1OCC(N)=O. The van der Waals surface area contributed by atoms with Crippen molar-refractivity contribution in [3.05, 3.63) is 52.6 Å². The largest absolute Gasteiger partial charge is 0.493 e. The summed E-state index contributed by atoms with van der Waals surface area (Å²) >= 11 is 5.82. The number of nitrogens with one attached hydrogen (secondary N) is 1. The number of benzene rings is 2. The number of carbonyl (C=O) groups is 2. The first kappa shape index (κ1) is 21.6. The summed E-state index contributed by atoms with van der Waals surface area (Å²) in [6.07, 6.45) is 1.37. The Morgan fingerprint density at radius 3 is 2.24 bits per heavy atom. The molecule has 0 spiro atoms. The van der Waals surface area contributed by atoms with Crippen LogP contribution in [0, 0.1) is 11.3 Å². The number of nitrogens with two attached hydrogens (primary N) is 1. The molecule has 0 unspecified atom stereocenters. The second-order valence-electron chi connectivity index (χ2n) is 5.64. The molecule has 0 fully saturated rings. The molecule has 29 heavy (non-hydrogen) atoms. The number of nitrogens with zero attached hydrogens (tertiary/aromatic N) is 1. The third kappa shape index (κ3) is 5.89. The summed E-state index contributed by atoms with van der Waals surface area (Å²) in [4.78, 5) is 23.4. The predicted molar refractivity (Wildman–Crippen MR) is 108 cm³/mol. The van der Waals surface area contributed by atoms with Crippen LogP contribution in [0.25, 0.3) is 6.08 Å². The molecule has 150 valence electrons. The third-order valence-electron chi connectivity index (χ3n) is 3.62. The number of carbonyl (C=O) groups excluding carboxylic acids is 2. The topological polar surface area (TPSA) is 124 Å². The molecule has 0 saturated carbocycles. The molecular weight excluding hydrogens is 398 g/mol. The number of rotatable bonds is 8. The van der Waals surface area contributed by atoms with E-state index in [1.807, 2.05) is 6.07 Å². The van der Waals surface area contributed by atoms with Crippen LogP contribution >= 0.6 is 11.6 Å². The van der Waals surface area contributed by atoms with Gasteiger partial charge in [-0.05, 0) is 48.0 Å². The molecule has 0 bridgehead atoms. The zero-order valence-electron chi connectivity index (χ0n) is 15.7. The lowest BCUT2D eigenvalue weighted by Crippen LogP contribution is -2.20. The van der Waals surface area contributed by atoms with Crippen LogP contribution in [-0.2, 0) is 9.59 Å².